The number of ether oxygens (including phenoxy) is 1. The second-order valence-electron chi connectivity index (χ2n) is 4.82. The Morgan fingerprint density at radius 2 is 1.96 bits per heavy atom. The minimum Gasteiger partial charge on any atom is -0.462 e. The molecule has 0 aliphatic carbocycles. The van der Waals surface area contributed by atoms with E-state index in [-0.39, 0.29) is 11.7 Å². The molecule has 1 aromatic carbocycles. The number of amides is 1. The predicted molar refractivity (Wildman–Crippen MR) is 100 cm³/mol. The van der Waals surface area contributed by atoms with Crippen molar-refractivity contribution in [1.82, 2.24) is 0 Å². The highest BCUT2D eigenvalue weighted by atomic mass is 35.5. The Bertz CT molecular complexity index is 713. The first-order chi connectivity index (χ1) is 11.5. The van der Waals surface area contributed by atoms with E-state index in [2.05, 4.69) is 5.32 Å². The number of hydrogen-bond donors (Lipinski definition) is 1. The van der Waals surface area contributed by atoms with Crippen molar-refractivity contribution < 1.29 is 14.3 Å². The number of anilines is 1. The number of halogens is 1. The zero-order chi connectivity index (χ0) is 17.5. The maximum Gasteiger partial charge on any atom is 0.341 e. The maximum atomic E-state index is 12.2. The van der Waals surface area contributed by atoms with Crippen LogP contribution >= 0.6 is 34.7 Å². The van der Waals surface area contributed by atoms with Crippen molar-refractivity contribution in [3.8, 4) is 0 Å². The molecule has 0 bridgehead atoms. The van der Waals surface area contributed by atoms with Gasteiger partial charge in [-0.1, -0.05) is 18.5 Å². The fourth-order valence-corrected chi connectivity index (χ4v) is 3.74. The number of nitrogens with one attached hydrogen (secondary N) is 1. The van der Waals surface area contributed by atoms with Crippen molar-refractivity contribution >= 4 is 51.6 Å². The average molecular weight is 384 g/mol. The summed E-state index contributed by atoms with van der Waals surface area (Å²) in [6.45, 7) is 4.06. The number of hydrogen-bond acceptors (Lipinski definition) is 5. The van der Waals surface area contributed by atoms with Crippen LogP contribution in [0.2, 0.25) is 5.02 Å². The summed E-state index contributed by atoms with van der Waals surface area (Å²) < 4.78 is 5.05. The lowest BCUT2D eigenvalue weighted by molar-refractivity contribution is -0.113. The van der Waals surface area contributed by atoms with Crippen LogP contribution in [0, 0.1) is 0 Å². The molecule has 0 spiro atoms. The van der Waals surface area contributed by atoms with Gasteiger partial charge in [-0.25, -0.2) is 4.79 Å². The van der Waals surface area contributed by atoms with Crippen molar-refractivity contribution in [3.63, 3.8) is 0 Å². The minimum atomic E-state index is -0.408. The van der Waals surface area contributed by atoms with Gasteiger partial charge >= 0.3 is 5.97 Å². The maximum absolute atomic E-state index is 12.2. The first-order valence-corrected chi connectivity index (χ1v) is 9.69. The van der Waals surface area contributed by atoms with Gasteiger partial charge < -0.3 is 10.1 Å². The lowest BCUT2D eigenvalue weighted by atomic mass is 10.2. The fraction of sp³-hybridized carbons (Fsp3) is 0.294. The molecule has 0 radical (unpaired) electrons. The highest BCUT2D eigenvalue weighted by Gasteiger charge is 2.18. The highest BCUT2D eigenvalue weighted by Crippen LogP contribution is 2.30. The number of aryl methyl sites for hydroxylation is 1. The average Bonchev–Trinajstić information content (AvgIpc) is 2.97. The molecule has 24 heavy (non-hydrogen) atoms. The van der Waals surface area contributed by atoms with Gasteiger partial charge in [0, 0.05) is 14.8 Å². The molecular formula is C17H18ClNO3S2. The molecule has 1 aromatic heterocycles. The number of esters is 1. The summed E-state index contributed by atoms with van der Waals surface area (Å²) in [5, 5.41) is 4.03. The van der Waals surface area contributed by atoms with E-state index in [9.17, 15) is 9.59 Å². The monoisotopic (exact) mass is 383 g/mol. The number of rotatable bonds is 7. The van der Waals surface area contributed by atoms with Crippen LogP contribution in [0.5, 0.6) is 0 Å². The summed E-state index contributed by atoms with van der Waals surface area (Å²) >= 11 is 8.66. The van der Waals surface area contributed by atoms with Crippen LogP contribution in [0.1, 0.15) is 29.1 Å². The lowest BCUT2D eigenvalue weighted by Crippen LogP contribution is -2.15. The Kier molecular flexibility index (Phi) is 7.15. The van der Waals surface area contributed by atoms with E-state index in [0.29, 0.717) is 22.2 Å². The van der Waals surface area contributed by atoms with Gasteiger partial charge in [0.2, 0.25) is 5.91 Å². The fourth-order valence-electron chi connectivity index (χ4n) is 1.91. The van der Waals surface area contributed by atoms with Gasteiger partial charge in [-0.2, -0.15) is 0 Å². The van der Waals surface area contributed by atoms with Crippen LogP contribution in [-0.4, -0.2) is 24.2 Å². The van der Waals surface area contributed by atoms with Gasteiger partial charge in [0.1, 0.15) is 5.00 Å². The normalized spacial score (nSPS) is 10.5. The van der Waals surface area contributed by atoms with E-state index in [0.717, 1.165) is 16.2 Å². The van der Waals surface area contributed by atoms with Crippen molar-refractivity contribution in [3.05, 3.63) is 45.8 Å². The Morgan fingerprint density at radius 3 is 2.58 bits per heavy atom. The van der Waals surface area contributed by atoms with E-state index in [1.807, 2.05) is 19.1 Å². The summed E-state index contributed by atoms with van der Waals surface area (Å²) in [5.41, 5.74) is 0.420. The van der Waals surface area contributed by atoms with Gasteiger partial charge in [0.15, 0.2) is 0 Å². The quantitative estimate of drug-likeness (QED) is 0.547. The van der Waals surface area contributed by atoms with E-state index in [4.69, 9.17) is 16.3 Å². The van der Waals surface area contributed by atoms with Crippen LogP contribution < -0.4 is 5.32 Å². The molecule has 2 aromatic rings. The molecule has 2 rings (SSSR count). The van der Waals surface area contributed by atoms with Crippen molar-refractivity contribution in [2.75, 3.05) is 17.7 Å². The molecule has 0 aliphatic heterocycles. The predicted octanol–water partition coefficient (Wildman–Crippen LogP) is 4.87. The van der Waals surface area contributed by atoms with Gasteiger partial charge in [0.25, 0.3) is 0 Å². The summed E-state index contributed by atoms with van der Waals surface area (Å²) in [4.78, 5) is 26.2. The third kappa shape index (κ3) is 5.26. The van der Waals surface area contributed by atoms with Crippen LogP contribution in [0.25, 0.3) is 0 Å². The summed E-state index contributed by atoms with van der Waals surface area (Å²) in [5.74, 6) is -0.317. The van der Waals surface area contributed by atoms with Crippen molar-refractivity contribution in [2.24, 2.45) is 0 Å². The molecule has 1 N–H and O–H groups in total. The Morgan fingerprint density at radius 1 is 1.25 bits per heavy atom. The molecule has 1 amide bonds. The number of thiophene rings is 1. The molecule has 0 saturated heterocycles. The smallest absolute Gasteiger partial charge is 0.341 e. The molecule has 0 saturated carbocycles. The zero-order valence-corrected chi connectivity index (χ0v) is 15.8. The first kappa shape index (κ1) is 18.8. The molecule has 128 valence electrons. The molecule has 4 nitrogen and oxygen atoms in total. The molecule has 0 aliphatic rings. The van der Waals surface area contributed by atoms with Crippen LogP contribution in [0.3, 0.4) is 0 Å². The van der Waals surface area contributed by atoms with Gasteiger partial charge in [-0.15, -0.1) is 23.1 Å². The van der Waals surface area contributed by atoms with E-state index >= 15 is 0 Å². The number of carbonyl (C=O) groups is 2. The Labute approximate surface area is 154 Å². The van der Waals surface area contributed by atoms with Gasteiger partial charge in [-0.05, 0) is 43.7 Å². The summed E-state index contributed by atoms with van der Waals surface area (Å²) in [6.07, 6.45) is 0.798. The Hall–Kier alpha value is -1.50. The zero-order valence-electron chi connectivity index (χ0n) is 13.4. The molecule has 0 atom stereocenters. The Balaban J connectivity index is 2.01. The third-order valence-electron chi connectivity index (χ3n) is 3.06. The van der Waals surface area contributed by atoms with E-state index in [1.54, 1.807) is 25.1 Å². The van der Waals surface area contributed by atoms with E-state index < -0.39 is 5.97 Å². The van der Waals surface area contributed by atoms with Crippen molar-refractivity contribution in [2.45, 2.75) is 25.2 Å². The van der Waals surface area contributed by atoms with Gasteiger partial charge in [0.05, 0.1) is 17.9 Å². The minimum absolute atomic E-state index is 0.162. The first-order valence-electron chi connectivity index (χ1n) is 7.51. The summed E-state index contributed by atoms with van der Waals surface area (Å²) in [6, 6.07) is 9.08. The lowest BCUT2D eigenvalue weighted by Gasteiger charge is -2.06. The standard InChI is InChI=1S/C17H18ClNO3S2/c1-3-12-9-14(17(21)22-4-2)16(24-12)19-15(20)10-23-13-7-5-11(18)6-8-13/h5-9H,3-4,10H2,1-2H3,(H,19,20). The molecule has 0 fully saturated rings. The van der Waals surface area contributed by atoms with Crippen LogP contribution in [0.4, 0.5) is 5.00 Å². The SMILES string of the molecule is CCOC(=O)c1cc(CC)sc1NC(=O)CSc1ccc(Cl)cc1. The second-order valence-corrected chi connectivity index (χ2v) is 7.44. The third-order valence-corrected chi connectivity index (χ3v) is 5.52. The number of carbonyl (C=O) groups excluding carboxylic acids is 2. The second kappa shape index (κ2) is 9.11. The van der Waals surface area contributed by atoms with Gasteiger partial charge in [-0.3, -0.25) is 4.79 Å². The number of benzene rings is 1. The summed E-state index contributed by atoms with van der Waals surface area (Å²) in [7, 11) is 0. The van der Waals surface area contributed by atoms with E-state index in [1.165, 1.54) is 23.1 Å². The number of thioether (sulfide) groups is 1. The molecule has 0 unspecified atom stereocenters. The molecule has 1 heterocycles. The molecular weight excluding hydrogens is 366 g/mol. The highest BCUT2D eigenvalue weighted by molar-refractivity contribution is 8.00. The molecule has 7 heteroatoms. The van der Waals surface area contributed by atoms with Crippen molar-refractivity contribution in [1.29, 1.82) is 0 Å². The van der Waals surface area contributed by atoms with Crippen LogP contribution in [0.15, 0.2) is 35.2 Å². The van der Waals surface area contributed by atoms with Crippen LogP contribution in [-0.2, 0) is 16.0 Å². The largest absolute Gasteiger partial charge is 0.462 e. The topological polar surface area (TPSA) is 55.4 Å².